The summed E-state index contributed by atoms with van der Waals surface area (Å²) in [6.45, 7) is 0. The molecule has 72 valence electrons. The van der Waals surface area contributed by atoms with Crippen LogP contribution in [0.2, 0.25) is 5.02 Å². The van der Waals surface area contributed by atoms with Crippen molar-refractivity contribution in [3.05, 3.63) is 28.1 Å². The number of fused-ring (bicyclic) bond motifs is 1. The zero-order valence-corrected chi connectivity index (χ0v) is 9.29. The average Bonchev–Trinajstić information content (AvgIpc) is 2.58. The van der Waals surface area contributed by atoms with Gasteiger partial charge in [0.1, 0.15) is 0 Å². The lowest BCUT2D eigenvalue weighted by atomic mass is 10.2. The second-order valence-electron chi connectivity index (χ2n) is 2.72. The predicted octanol–water partition coefficient (Wildman–Crippen LogP) is 3.54. The molecule has 2 rings (SSSR count). The smallest absolute Gasteiger partial charge is 0.336 e. The Bertz CT molecular complexity index is 519. The monoisotopic (exact) mass is 244 g/mol. The lowest BCUT2D eigenvalue weighted by molar-refractivity contribution is 0.0693. The largest absolute Gasteiger partial charge is 0.478 e. The Morgan fingerprint density at radius 3 is 2.93 bits per heavy atom. The second kappa shape index (κ2) is 3.46. The van der Waals surface area contributed by atoms with Crippen LogP contribution in [0.5, 0.6) is 0 Å². The van der Waals surface area contributed by atoms with Gasteiger partial charge in [0.25, 0.3) is 0 Å². The van der Waals surface area contributed by atoms with Crippen LogP contribution in [0.15, 0.2) is 22.4 Å². The van der Waals surface area contributed by atoms with E-state index in [2.05, 4.69) is 12.6 Å². The van der Waals surface area contributed by atoms with Gasteiger partial charge in [-0.1, -0.05) is 11.6 Å². The lowest BCUT2D eigenvalue weighted by Gasteiger charge is -2.03. The van der Waals surface area contributed by atoms with E-state index in [1.807, 2.05) is 11.4 Å². The fraction of sp³-hybridized carbons (Fsp3) is 0. The molecule has 0 bridgehead atoms. The van der Waals surface area contributed by atoms with Crippen molar-refractivity contribution in [3.8, 4) is 0 Å². The Labute approximate surface area is 94.5 Å². The molecular formula is C9H5ClO2S2. The highest BCUT2D eigenvalue weighted by Gasteiger charge is 2.14. The van der Waals surface area contributed by atoms with Crippen LogP contribution < -0.4 is 0 Å². The summed E-state index contributed by atoms with van der Waals surface area (Å²) < 4.78 is 0.866. The molecule has 1 aromatic carbocycles. The van der Waals surface area contributed by atoms with E-state index in [4.69, 9.17) is 16.7 Å². The van der Waals surface area contributed by atoms with Crippen molar-refractivity contribution >= 4 is 51.6 Å². The van der Waals surface area contributed by atoms with Gasteiger partial charge in [0.15, 0.2) is 0 Å². The number of rotatable bonds is 1. The van der Waals surface area contributed by atoms with Gasteiger partial charge in [0.05, 0.1) is 10.6 Å². The maximum absolute atomic E-state index is 10.8. The Morgan fingerprint density at radius 2 is 2.29 bits per heavy atom. The fourth-order valence-electron chi connectivity index (χ4n) is 1.22. The van der Waals surface area contributed by atoms with Crippen LogP contribution in [0.3, 0.4) is 0 Å². The predicted molar refractivity (Wildman–Crippen MR) is 61.0 cm³/mol. The molecule has 0 atom stereocenters. The van der Waals surface area contributed by atoms with Gasteiger partial charge in [-0.25, -0.2) is 4.79 Å². The molecule has 0 radical (unpaired) electrons. The van der Waals surface area contributed by atoms with E-state index in [9.17, 15) is 4.79 Å². The summed E-state index contributed by atoms with van der Waals surface area (Å²) in [7, 11) is 0. The van der Waals surface area contributed by atoms with Gasteiger partial charge >= 0.3 is 5.97 Å². The van der Waals surface area contributed by atoms with E-state index < -0.39 is 5.97 Å². The summed E-state index contributed by atoms with van der Waals surface area (Å²) in [5, 5.41) is 12.0. The van der Waals surface area contributed by atoms with Gasteiger partial charge < -0.3 is 5.11 Å². The summed E-state index contributed by atoms with van der Waals surface area (Å²) in [5.74, 6) is -1.01. The van der Waals surface area contributed by atoms with E-state index in [0.717, 1.165) is 10.1 Å². The second-order valence-corrected chi connectivity index (χ2v) is 4.50. The van der Waals surface area contributed by atoms with Crippen molar-refractivity contribution < 1.29 is 9.90 Å². The number of halogens is 1. The molecule has 0 spiro atoms. The van der Waals surface area contributed by atoms with Gasteiger partial charge in [-0.15, -0.1) is 24.0 Å². The molecule has 1 heterocycles. The van der Waals surface area contributed by atoms with Crippen molar-refractivity contribution in [2.24, 2.45) is 0 Å². The maximum atomic E-state index is 10.8. The molecule has 5 heteroatoms. The summed E-state index contributed by atoms with van der Waals surface area (Å²) in [5.41, 5.74) is 0.147. The third-order valence-corrected chi connectivity index (χ3v) is 3.75. The lowest BCUT2D eigenvalue weighted by Crippen LogP contribution is -1.97. The molecule has 0 saturated carbocycles. The highest BCUT2D eigenvalue weighted by atomic mass is 35.5. The Balaban J connectivity index is 2.87. The molecule has 2 aromatic rings. The first-order valence-corrected chi connectivity index (χ1v) is 5.43. The van der Waals surface area contributed by atoms with Crippen LogP contribution in [-0.4, -0.2) is 11.1 Å². The van der Waals surface area contributed by atoms with E-state index in [1.54, 1.807) is 6.07 Å². The SMILES string of the molecule is O=C(O)c1cc2sccc2c(Cl)c1S. The molecule has 14 heavy (non-hydrogen) atoms. The summed E-state index contributed by atoms with van der Waals surface area (Å²) >= 11 is 11.5. The van der Waals surface area contributed by atoms with Gasteiger partial charge in [-0.2, -0.15) is 0 Å². The van der Waals surface area contributed by atoms with Gasteiger partial charge in [0.2, 0.25) is 0 Å². The van der Waals surface area contributed by atoms with Crippen molar-refractivity contribution in [2.75, 3.05) is 0 Å². The quantitative estimate of drug-likeness (QED) is 0.753. The Hall–Kier alpha value is -0.710. The number of thiol groups is 1. The number of hydrogen-bond donors (Lipinski definition) is 2. The third-order valence-electron chi connectivity index (χ3n) is 1.90. The minimum absolute atomic E-state index is 0.147. The van der Waals surface area contributed by atoms with E-state index in [-0.39, 0.29) is 5.56 Å². The molecule has 0 fully saturated rings. The first-order chi connectivity index (χ1) is 6.61. The molecule has 2 nitrogen and oxygen atoms in total. The minimum atomic E-state index is -1.01. The molecular weight excluding hydrogens is 240 g/mol. The standard InChI is InChI=1S/C9H5ClO2S2/c10-7-4-1-2-14-6(4)3-5(8(7)13)9(11)12/h1-3,13H,(H,11,12). The summed E-state index contributed by atoms with van der Waals surface area (Å²) in [6.07, 6.45) is 0. The van der Waals surface area contributed by atoms with E-state index in [0.29, 0.717) is 9.92 Å². The molecule has 0 unspecified atom stereocenters. The molecule has 0 aliphatic carbocycles. The number of carboxylic acids is 1. The van der Waals surface area contributed by atoms with Gasteiger partial charge in [-0.05, 0) is 17.5 Å². The van der Waals surface area contributed by atoms with Crippen LogP contribution in [-0.2, 0) is 0 Å². The number of benzene rings is 1. The highest BCUT2D eigenvalue weighted by Crippen LogP contribution is 2.35. The molecule has 1 N–H and O–H groups in total. The number of aromatic carboxylic acids is 1. The van der Waals surface area contributed by atoms with Crippen LogP contribution in [0.4, 0.5) is 0 Å². The minimum Gasteiger partial charge on any atom is -0.478 e. The Kier molecular flexibility index (Phi) is 2.43. The van der Waals surface area contributed by atoms with Crippen LogP contribution >= 0.6 is 35.6 Å². The summed E-state index contributed by atoms with van der Waals surface area (Å²) in [6, 6.07) is 3.45. The third kappa shape index (κ3) is 1.39. The Morgan fingerprint density at radius 1 is 1.57 bits per heavy atom. The van der Waals surface area contributed by atoms with Gasteiger partial charge in [-0.3, -0.25) is 0 Å². The van der Waals surface area contributed by atoms with Crippen molar-refractivity contribution in [2.45, 2.75) is 4.90 Å². The molecule has 0 saturated heterocycles. The number of thiophene rings is 1. The van der Waals surface area contributed by atoms with Crippen LogP contribution in [0, 0.1) is 0 Å². The fourth-order valence-corrected chi connectivity index (χ4v) is 2.66. The average molecular weight is 245 g/mol. The maximum Gasteiger partial charge on any atom is 0.336 e. The van der Waals surface area contributed by atoms with Gasteiger partial charge in [0, 0.05) is 15.0 Å². The van der Waals surface area contributed by atoms with Crippen molar-refractivity contribution in [1.29, 1.82) is 0 Å². The number of carboxylic acid groups (broad SMARTS) is 1. The normalized spacial score (nSPS) is 10.7. The highest BCUT2D eigenvalue weighted by molar-refractivity contribution is 7.80. The van der Waals surface area contributed by atoms with Crippen LogP contribution in [0.1, 0.15) is 10.4 Å². The first kappa shape index (κ1) is 9.83. The first-order valence-electron chi connectivity index (χ1n) is 3.73. The molecule has 1 aromatic heterocycles. The zero-order valence-electron chi connectivity index (χ0n) is 6.82. The molecule has 0 aliphatic heterocycles. The van der Waals surface area contributed by atoms with Crippen molar-refractivity contribution in [3.63, 3.8) is 0 Å². The van der Waals surface area contributed by atoms with Crippen molar-refractivity contribution in [1.82, 2.24) is 0 Å². The number of hydrogen-bond acceptors (Lipinski definition) is 3. The number of carbonyl (C=O) groups is 1. The van der Waals surface area contributed by atoms with E-state index >= 15 is 0 Å². The van der Waals surface area contributed by atoms with E-state index in [1.165, 1.54) is 11.3 Å². The topological polar surface area (TPSA) is 37.3 Å². The zero-order chi connectivity index (χ0) is 10.3. The molecule has 0 amide bonds. The summed E-state index contributed by atoms with van der Waals surface area (Å²) in [4.78, 5) is 11.2. The molecule has 0 aliphatic rings. The van der Waals surface area contributed by atoms with Crippen LogP contribution in [0.25, 0.3) is 10.1 Å².